The average molecular weight is 409 g/mol. The van der Waals surface area contributed by atoms with Crippen LogP contribution in [0.5, 0.6) is 0 Å². The fraction of sp³-hybridized carbons (Fsp3) is 0.0625. The highest BCUT2D eigenvalue weighted by molar-refractivity contribution is 6.26. The standard InChI is InChI=1S/C32H24/c1-3-11-23(12-4-1)21-25-19-20-30-28-17-8-7-15-26(28)27-16-9-10-18-29(27)32(30)31(25)22-24-13-5-2-6-14-24/h1-20H,21-22H2. The van der Waals surface area contributed by atoms with Crippen molar-refractivity contribution in [1.82, 2.24) is 0 Å². The van der Waals surface area contributed by atoms with Crippen molar-refractivity contribution in [3.8, 4) is 0 Å². The molecule has 6 rings (SSSR count). The summed E-state index contributed by atoms with van der Waals surface area (Å²) in [6, 6.07) is 44.1. The van der Waals surface area contributed by atoms with E-state index in [-0.39, 0.29) is 0 Å². The molecule has 0 aromatic heterocycles. The smallest absolute Gasteiger partial charge is 0.00165 e. The fourth-order valence-electron chi connectivity index (χ4n) is 5.10. The van der Waals surface area contributed by atoms with E-state index < -0.39 is 0 Å². The van der Waals surface area contributed by atoms with Gasteiger partial charge in [-0.2, -0.15) is 0 Å². The van der Waals surface area contributed by atoms with Crippen LogP contribution in [0.1, 0.15) is 22.3 Å². The molecule has 0 N–H and O–H groups in total. The van der Waals surface area contributed by atoms with Crippen LogP contribution in [-0.2, 0) is 12.8 Å². The van der Waals surface area contributed by atoms with Crippen LogP contribution in [0.25, 0.3) is 32.3 Å². The third-order valence-electron chi connectivity index (χ3n) is 6.57. The van der Waals surface area contributed by atoms with Crippen LogP contribution in [0, 0.1) is 0 Å². The normalized spacial score (nSPS) is 11.4. The second-order valence-electron chi connectivity index (χ2n) is 8.54. The second kappa shape index (κ2) is 7.98. The lowest BCUT2D eigenvalue weighted by molar-refractivity contribution is 1.11. The van der Waals surface area contributed by atoms with E-state index in [9.17, 15) is 0 Å². The molecule has 0 aliphatic heterocycles. The highest BCUT2D eigenvalue weighted by Crippen LogP contribution is 2.39. The van der Waals surface area contributed by atoms with Crippen molar-refractivity contribution in [2.45, 2.75) is 12.8 Å². The van der Waals surface area contributed by atoms with E-state index in [1.165, 1.54) is 54.6 Å². The van der Waals surface area contributed by atoms with Gasteiger partial charge in [0.05, 0.1) is 0 Å². The largest absolute Gasteiger partial charge is 0.0622 e. The van der Waals surface area contributed by atoms with E-state index in [0.29, 0.717) is 0 Å². The van der Waals surface area contributed by atoms with Crippen LogP contribution in [0.15, 0.2) is 121 Å². The molecule has 152 valence electrons. The van der Waals surface area contributed by atoms with E-state index in [2.05, 4.69) is 121 Å². The number of rotatable bonds is 4. The molecule has 0 heterocycles. The molecule has 0 amide bonds. The summed E-state index contributed by atoms with van der Waals surface area (Å²) in [6.07, 6.45) is 1.88. The lowest BCUT2D eigenvalue weighted by Gasteiger charge is -2.18. The molecule has 6 aromatic carbocycles. The number of hydrogen-bond donors (Lipinski definition) is 0. The average Bonchev–Trinajstić information content (AvgIpc) is 2.86. The Morgan fingerprint density at radius 1 is 0.344 bits per heavy atom. The zero-order valence-corrected chi connectivity index (χ0v) is 18.0. The monoisotopic (exact) mass is 408 g/mol. The minimum absolute atomic E-state index is 0.933. The van der Waals surface area contributed by atoms with Crippen molar-refractivity contribution < 1.29 is 0 Å². The van der Waals surface area contributed by atoms with Crippen molar-refractivity contribution in [1.29, 1.82) is 0 Å². The first-order chi connectivity index (χ1) is 15.9. The van der Waals surface area contributed by atoms with Gasteiger partial charge in [0.25, 0.3) is 0 Å². The van der Waals surface area contributed by atoms with E-state index in [0.717, 1.165) is 12.8 Å². The van der Waals surface area contributed by atoms with Gasteiger partial charge in [0, 0.05) is 0 Å². The first kappa shape index (κ1) is 18.8. The minimum Gasteiger partial charge on any atom is -0.0622 e. The van der Waals surface area contributed by atoms with Gasteiger partial charge < -0.3 is 0 Å². The van der Waals surface area contributed by atoms with Gasteiger partial charge in [-0.3, -0.25) is 0 Å². The van der Waals surface area contributed by atoms with Crippen molar-refractivity contribution in [3.63, 3.8) is 0 Å². The summed E-state index contributed by atoms with van der Waals surface area (Å²) in [5.74, 6) is 0. The van der Waals surface area contributed by atoms with Gasteiger partial charge in [-0.15, -0.1) is 0 Å². The van der Waals surface area contributed by atoms with Crippen molar-refractivity contribution >= 4 is 32.3 Å². The zero-order valence-electron chi connectivity index (χ0n) is 18.0. The van der Waals surface area contributed by atoms with Gasteiger partial charge in [-0.25, -0.2) is 0 Å². The molecule has 0 saturated heterocycles. The van der Waals surface area contributed by atoms with Crippen molar-refractivity contribution in [2.24, 2.45) is 0 Å². The Kier molecular flexibility index (Phi) is 4.70. The molecule has 0 nitrogen and oxygen atoms in total. The van der Waals surface area contributed by atoms with E-state index in [1.807, 2.05) is 0 Å². The Balaban J connectivity index is 1.71. The summed E-state index contributed by atoms with van der Waals surface area (Å²) in [4.78, 5) is 0. The molecule has 0 radical (unpaired) electrons. The maximum Gasteiger partial charge on any atom is -0.00165 e. The predicted molar refractivity (Wildman–Crippen MR) is 137 cm³/mol. The Morgan fingerprint density at radius 2 is 0.781 bits per heavy atom. The zero-order chi connectivity index (χ0) is 21.3. The quantitative estimate of drug-likeness (QED) is 0.257. The Morgan fingerprint density at radius 3 is 1.38 bits per heavy atom. The van der Waals surface area contributed by atoms with Crippen LogP contribution in [0.3, 0.4) is 0 Å². The summed E-state index contributed by atoms with van der Waals surface area (Å²) < 4.78 is 0. The highest BCUT2D eigenvalue weighted by Gasteiger charge is 2.15. The van der Waals surface area contributed by atoms with E-state index in [1.54, 1.807) is 0 Å². The van der Waals surface area contributed by atoms with Gasteiger partial charge >= 0.3 is 0 Å². The molecule has 0 aliphatic carbocycles. The summed E-state index contributed by atoms with van der Waals surface area (Å²) in [5, 5.41) is 8.10. The maximum absolute atomic E-state index is 2.36. The molecule has 0 atom stereocenters. The third-order valence-corrected chi connectivity index (χ3v) is 6.57. The molecule has 0 heteroatoms. The molecular formula is C32H24. The van der Waals surface area contributed by atoms with Gasteiger partial charge in [-0.05, 0) is 67.4 Å². The molecule has 0 saturated carbocycles. The highest BCUT2D eigenvalue weighted by atomic mass is 14.2. The molecule has 0 fully saturated rings. The SMILES string of the molecule is c1ccc(Cc2ccc3c4ccccc4c4ccccc4c3c2Cc2ccccc2)cc1. The van der Waals surface area contributed by atoms with Crippen LogP contribution >= 0.6 is 0 Å². The molecule has 32 heavy (non-hydrogen) atoms. The van der Waals surface area contributed by atoms with Crippen LogP contribution in [-0.4, -0.2) is 0 Å². The molecule has 0 spiro atoms. The number of fused-ring (bicyclic) bond motifs is 6. The summed E-state index contributed by atoms with van der Waals surface area (Å²) in [7, 11) is 0. The van der Waals surface area contributed by atoms with Crippen molar-refractivity contribution in [2.75, 3.05) is 0 Å². The molecular weight excluding hydrogens is 384 g/mol. The van der Waals surface area contributed by atoms with Crippen LogP contribution in [0.4, 0.5) is 0 Å². The maximum atomic E-state index is 2.36. The minimum atomic E-state index is 0.933. The fourth-order valence-corrected chi connectivity index (χ4v) is 5.10. The number of benzene rings is 6. The van der Waals surface area contributed by atoms with Gasteiger partial charge in [-0.1, -0.05) is 121 Å². The molecule has 6 aromatic rings. The van der Waals surface area contributed by atoms with Crippen molar-refractivity contribution in [3.05, 3.63) is 144 Å². The van der Waals surface area contributed by atoms with Crippen LogP contribution in [0.2, 0.25) is 0 Å². The van der Waals surface area contributed by atoms with Gasteiger partial charge in [0.15, 0.2) is 0 Å². The Labute approximate surface area is 188 Å². The van der Waals surface area contributed by atoms with E-state index in [4.69, 9.17) is 0 Å². The second-order valence-corrected chi connectivity index (χ2v) is 8.54. The van der Waals surface area contributed by atoms with Gasteiger partial charge in [0.2, 0.25) is 0 Å². The Bertz CT molecular complexity index is 1510. The molecule has 0 bridgehead atoms. The van der Waals surface area contributed by atoms with Gasteiger partial charge in [0.1, 0.15) is 0 Å². The summed E-state index contributed by atoms with van der Waals surface area (Å²) in [6.45, 7) is 0. The first-order valence-electron chi connectivity index (χ1n) is 11.3. The Hall–Kier alpha value is -3.90. The van der Waals surface area contributed by atoms with E-state index >= 15 is 0 Å². The predicted octanol–water partition coefficient (Wildman–Crippen LogP) is 8.33. The first-order valence-corrected chi connectivity index (χ1v) is 11.3. The summed E-state index contributed by atoms with van der Waals surface area (Å²) in [5.41, 5.74) is 5.56. The lowest BCUT2D eigenvalue weighted by atomic mass is 9.86. The third kappa shape index (κ3) is 3.25. The lowest BCUT2D eigenvalue weighted by Crippen LogP contribution is -2.00. The number of hydrogen-bond acceptors (Lipinski definition) is 0. The molecule has 0 aliphatic rings. The molecule has 0 unspecified atom stereocenters. The van der Waals surface area contributed by atoms with Crippen LogP contribution < -0.4 is 0 Å². The summed E-state index contributed by atoms with van der Waals surface area (Å²) >= 11 is 0. The topological polar surface area (TPSA) is 0 Å².